The van der Waals surface area contributed by atoms with Crippen LogP contribution in [0.3, 0.4) is 0 Å². The van der Waals surface area contributed by atoms with Crippen molar-refractivity contribution in [3.05, 3.63) is 69.2 Å². The molecule has 0 aliphatic heterocycles. The molecule has 2 aromatic rings. The van der Waals surface area contributed by atoms with Crippen LogP contribution in [0.5, 0.6) is 0 Å². The van der Waals surface area contributed by atoms with Gasteiger partial charge in [0.1, 0.15) is 6.04 Å². The number of carbonyl (C=O) groups is 3. The minimum Gasteiger partial charge on any atom is -0.469 e. The summed E-state index contributed by atoms with van der Waals surface area (Å²) in [6.07, 6.45) is 1.06. The van der Waals surface area contributed by atoms with E-state index in [9.17, 15) is 14.4 Å². The highest BCUT2D eigenvalue weighted by atomic mass is 35.5. The molecule has 6 nitrogen and oxygen atoms in total. The number of esters is 2. The summed E-state index contributed by atoms with van der Waals surface area (Å²) in [7, 11) is 2.60. The first kappa shape index (κ1) is 22.7. The maximum Gasteiger partial charge on any atom is 0.328 e. The molecule has 1 atom stereocenters. The first-order valence-corrected chi connectivity index (χ1v) is 9.58. The van der Waals surface area contributed by atoms with Crippen molar-refractivity contribution in [2.24, 2.45) is 0 Å². The van der Waals surface area contributed by atoms with Crippen molar-refractivity contribution in [2.45, 2.75) is 25.3 Å². The number of benzene rings is 2. The third kappa shape index (κ3) is 6.48. The van der Waals surface area contributed by atoms with Crippen molar-refractivity contribution in [1.29, 1.82) is 0 Å². The predicted molar refractivity (Wildman–Crippen MR) is 110 cm³/mol. The summed E-state index contributed by atoms with van der Waals surface area (Å²) in [5, 5.41) is 3.01. The molecule has 0 spiro atoms. The maximum atomic E-state index is 12.6. The number of ether oxygens (including phenoxy) is 2. The number of nitrogens with one attached hydrogen (secondary N) is 1. The minimum absolute atomic E-state index is 0.0999. The number of rotatable bonds is 8. The molecule has 154 valence electrons. The van der Waals surface area contributed by atoms with Crippen molar-refractivity contribution in [2.75, 3.05) is 14.2 Å². The highest BCUT2D eigenvalue weighted by Gasteiger charge is 2.24. The molecule has 0 saturated heterocycles. The molecule has 2 aromatic carbocycles. The van der Waals surface area contributed by atoms with Crippen LogP contribution in [0, 0.1) is 0 Å². The smallest absolute Gasteiger partial charge is 0.328 e. The highest BCUT2D eigenvalue weighted by molar-refractivity contribution is 6.39. The lowest BCUT2D eigenvalue weighted by Gasteiger charge is -2.18. The lowest BCUT2D eigenvalue weighted by atomic mass is 10.0. The van der Waals surface area contributed by atoms with Crippen LogP contribution in [0.4, 0.5) is 0 Å². The topological polar surface area (TPSA) is 81.7 Å². The van der Waals surface area contributed by atoms with Crippen LogP contribution in [0.25, 0.3) is 0 Å². The van der Waals surface area contributed by atoms with Gasteiger partial charge in [0, 0.05) is 12.8 Å². The van der Waals surface area contributed by atoms with Gasteiger partial charge in [-0.1, -0.05) is 53.5 Å². The Morgan fingerprint density at radius 3 is 2.07 bits per heavy atom. The molecule has 29 heavy (non-hydrogen) atoms. The van der Waals surface area contributed by atoms with Gasteiger partial charge in [-0.15, -0.1) is 0 Å². The van der Waals surface area contributed by atoms with Crippen molar-refractivity contribution >= 4 is 41.0 Å². The predicted octanol–water partition coefficient (Wildman–Crippen LogP) is 3.61. The quantitative estimate of drug-likeness (QED) is 0.637. The zero-order valence-electron chi connectivity index (χ0n) is 16.0. The van der Waals surface area contributed by atoms with Crippen LogP contribution < -0.4 is 5.32 Å². The average molecular weight is 438 g/mol. The van der Waals surface area contributed by atoms with Crippen LogP contribution in [0.15, 0.2) is 42.5 Å². The van der Waals surface area contributed by atoms with E-state index in [1.54, 1.807) is 18.2 Å². The molecule has 0 aliphatic rings. The van der Waals surface area contributed by atoms with Gasteiger partial charge in [0.25, 0.3) is 5.91 Å². The Labute approximate surface area is 179 Å². The van der Waals surface area contributed by atoms with Crippen LogP contribution in [-0.4, -0.2) is 38.1 Å². The van der Waals surface area contributed by atoms with Crippen LogP contribution in [-0.2, 0) is 31.9 Å². The van der Waals surface area contributed by atoms with Gasteiger partial charge in [-0.05, 0) is 29.7 Å². The average Bonchev–Trinajstić information content (AvgIpc) is 2.71. The molecule has 0 aliphatic carbocycles. The summed E-state index contributed by atoms with van der Waals surface area (Å²) in [5.74, 6) is -1.43. The van der Waals surface area contributed by atoms with Crippen LogP contribution >= 0.6 is 23.2 Å². The second kappa shape index (κ2) is 10.8. The maximum absolute atomic E-state index is 12.6. The van der Waals surface area contributed by atoms with Crippen molar-refractivity contribution in [3.8, 4) is 0 Å². The molecular weight excluding hydrogens is 417 g/mol. The third-order valence-electron chi connectivity index (χ3n) is 4.29. The summed E-state index contributed by atoms with van der Waals surface area (Å²) in [5.41, 5.74) is 1.87. The summed E-state index contributed by atoms with van der Waals surface area (Å²) in [6.45, 7) is 0. The number of aryl methyl sites for hydroxylation is 1. The van der Waals surface area contributed by atoms with Crippen LogP contribution in [0.1, 0.15) is 27.9 Å². The van der Waals surface area contributed by atoms with Gasteiger partial charge < -0.3 is 14.8 Å². The molecule has 1 amide bonds. The number of hydrogen-bond donors (Lipinski definition) is 1. The lowest BCUT2D eigenvalue weighted by molar-refractivity contribution is -0.143. The zero-order valence-corrected chi connectivity index (χ0v) is 17.5. The van der Waals surface area contributed by atoms with Gasteiger partial charge >= 0.3 is 11.9 Å². The molecule has 0 saturated carbocycles. The number of hydrogen-bond acceptors (Lipinski definition) is 5. The fraction of sp³-hybridized carbons (Fsp3) is 0.286. The third-order valence-corrected chi connectivity index (χ3v) is 4.92. The number of amides is 1. The number of methoxy groups -OCH3 is 2. The molecule has 0 bridgehead atoms. The van der Waals surface area contributed by atoms with E-state index in [4.69, 9.17) is 27.9 Å². The van der Waals surface area contributed by atoms with Gasteiger partial charge in [-0.2, -0.15) is 0 Å². The van der Waals surface area contributed by atoms with E-state index >= 15 is 0 Å². The Kier molecular flexibility index (Phi) is 8.49. The van der Waals surface area contributed by atoms with E-state index < -0.39 is 17.9 Å². The fourth-order valence-corrected chi connectivity index (χ4v) is 3.28. The van der Waals surface area contributed by atoms with E-state index in [1.807, 2.05) is 24.3 Å². The highest BCUT2D eigenvalue weighted by Crippen LogP contribution is 2.24. The molecule has 0 unspecified atom stereocenters. The Morgan fingerprint density at radius 1 is 0.931 bits per heavy atom. The summed E-state index contributed by atoms with van der Waals surface area (Å²) in [4.78, 5) is 36.0. The normalized spacial score (nSPS) is 11.4. The standard InChI is InChI=1S/C21H21Cl2NO5/c1-28-18(25)11-10-13-6-8-14(9-7-13)12-17(21(27)29-2)24-20(26)19-15(22)4-3-5-16(19)23/h3-9,17H,10-12H2,1-2H3,(H,24,26)/t17-/m0/s1. The Morgan fingerprint density at radius 2 is 1.52 bits per heavy atom. The second-order valence-electron chi connectivity index (χ2n) is 6.24. The van der Waals surface area contributed by atoms with Crippen LogP contribution in [0.2, 0.25) is 10.0 Å². The molecular formula is C21H21Cl2NO5. The number of carbonyl (C=O) groups excluding carboxylic acids is 3. The summed E-state index contributed by atoms with van der Waals surface area (Å²) in [6, 6.07) is 11.2. The molecule has 0 heterocycles. The van der Waals surface area contributed by atoms with E-state index in [0.29, 0.717) is 6.42 Å². The second-order valence-corrected chi connectivity index (χ2v) is 7.06. The van der Waals surface area contributed by atoms with E-state index in [2.05, 4.69) is 10.1 Å². The zero-order chi connectivity index (χ0) is 21.4. The van der Waals surface area contributed by atoms with Crippen molar-refractivity contribution < 1.29 is 23.9 Å². The molecule has 2 rings (SSSR count). The van der Waals surface area contributed by atoms with Gasteiger partial charge in [-0.3, -0.25) is 9.59 Å². The summed E-state index contributed by atoms with van der Waals surface area (Å²) >= 11 is 12.1. The summed E-state index contributed by atoms with van der Waals surface area (Å²) < 4.78 is 9.44. The van der Waals surface area contributed by atoms with Crippen molar-refractivity contribution in [1.82, 2.24) is 5.32 Å². The van der Waals surface area contributed by atoms with Crippen molar-refractivity contribution in [3.63, 3.8) is 0 Å². The lowest BCUT2D eigenvalue weighted by Crippen LogP contribution is -2.43. The molecule has 1 N–H and O–H groups in total. The molecule has 8 heteroatoms. The minimum atomic E-state index is -0.916. The SMILES string of the molecule is COC(=O)CCc1ccc(C[C@H](NC(=O)c2c(Cl)cccc2Cl)C(=O)OC)cc1. The van der Waals surface area contributed by atoms with E-state index in [1.165, 1.54) is 14.2 Å². The Hall–Kier alpha value is -2.57. The largest absolute Gasteiger partial charge is 0.469 e. The van der Waals surface area contributed by atoms with E-state index in [0.717, 1.165) is 11.1 Å². The Balaban J connectivity index is 2.10. The number of halogens is 2. The molecule has 0 radical (unpaired) electrons. The first-order chi connectivity index (χ1) is 13.8. The fourth-order valence-electron chi connectivity index (χ4n) is 2.71. The van der Waals surface area contributed by atoms with Gasteiger partial charge in [-0.25, -0.2) is 4.79 Å². The van der Waals surface area contributed by atoms with Gasteiger partial charge in [0.05, 0.1) is 29.8 Å². The van der Waals surface area contributed by atoms with Gasteiger partial charge in [0.15, 0.2) is 0 Å². The monoisotopic (exact) mass is 437 g/mol. The molecule has 0 aromatic heterocycles. The van der Waals surface area contributed by atoms with Gasteiger partial charge in [0.2, 0.25) is 0 Å². The Bertz CT molecular complexity index is 863. The van der Waals surface area contributed by atoms with E-state index in [-0.39, 0.29) is 34.4 Å². The molecule has 0 fully saturated rings. The first-order valence-electron chi connectivity index (χ1n) is 8.83.